The van der Waals surface area contributed by atoms with Crippen LogP contribution in [0.2, 0.25) is 0 Å². The zero-order valence-electron chi connectivity index (χ0n) is 29.1. The highest BCUT2D eigenvalue weighted by molar-refractivity contribution is 5.86. The van der Waals surface area contributed by atoms with Crippen molar-refractivity contribution in [3.05, 3.63) is 90.1 Å². The minimum absolute atomic E-state index is 0.123. The van der Waals surface area contributed by atoms with Gasteiger partial charge in [0.15, 0.2) is 0 Å². The Morgan fingerprint density at radius 1 is 0.940 bits per heavy atom. The van der Waals surface area contributed by atoms with E-state index in [-0.39, 0.29) is 17.7 Å². The molecule has 1 saturated carbocycles. The van der Waals surface area contributed by atoms with E-state index in [1.165, 1.54) is 22.0 Å². The number of likely N-dealkylation sites (tertiary alicyclic amines) is 1. The van der Waals surface area contributed by atoms with Gasteiger partial charge in [-0.15, -0.1) is 0 Å². The molecule has 3 aromatic carbocycles. The van der Waals surface area contributed by atoms with Crippen molar-refractivity contribution in [2.45, 2.75) is 69.6 Å². The Balaban J connectivity index is 1.04. The first kappa shape index (κ1) is 34.3. The van der Waals surface area contributed by atoms with Gasteiger partial charge >= 0.3 is 5.97 Å². The van der Waals surface area contributed by atoms with Gasteiger partial charge in [0.2, 0.25) is 5.91 Å². The lowest BCUT2D eigenvalue weighted by molar-refractivity contribution is -0.142. The van der Waals surface area contributed by atoms with Gasteiger partial charge in [0, 0.05) is 63.0 Å². The van der Waals surface area contributed by atoms with Gasteiger partial charge in [-0.25, -0.2) is 0 Å². The van der Waals surface area contributed by atoms with Crippen molar-refractivity contribution in [3.63, 3.8) is 0 Å². The summed E-state index contributed by atoms with van der Waals surface area (Å²) in [5, 5.41) is 14.2. The van der Waals surface area contributed by atoms with Gasteiger partial charge in [0.05, 0.1) is 5.92 Å². The molecule has 2 saturated heterocycles. The molecule has 0 radical (unpaired) electrons. The van der Waals surface area contributed by atoms with Crippen LogP contribution < -0.4 is 10.1 Å². The predicted molar refractivity (Wildman–Crippen MR) is 195 cm³/mol. The fourth-order valence-electron chi connectivity index (χ4n) is 8.05. The lowest BCUT2D eigenvalue weighted by Crippen LogP contribution is -2.47. The van der Waals surface area contributed by atoms with Gasteiger partial charge in [-0.2, -0.15) is 0 Å². The van der Waals surface area contributed by atoms with Crippen molar-refractivity contribution in [3.8, 4) is 16.9 Å². The number of carboxylic acid groups (broad SMARTS) is 1. The van der Waals surface area contributed by atoms with Crippen molar-refractivity contribution in [1.82, 2.24) is 19.7 Å². The second-order valence-electron chi connectivity index (χ2n) is 14.1. The molecule has 3 heterocycles. The summed E-state index contributed by atoms with van der Waals surface area (Å²) < 4.78 is 13.6. The molecule has 1 aromatic heterocycles. The van der Waals surface area contributed by atoms with Crippen molar-refractivity contribution >= 4 is 22.8 Å². The van der Waals surface area contributed by atoms with Crippen LogP contribution in [0.5, 0.6) is 5.75 Å². The van der Waals surface area contributed by atoms with Gasteiger partial charge in [-0.1, -0.05) is 54.6 Å². The summed E-state index contributed by atoms with van der Waals surface area (Å²) in [4.78, 5) is 30.2. The van der Waals surface area contributed by atoms with Crippen LogP contribution in [0.25, 0.3) is 22.0 Å². The number of hydrogen-bond donors (Lipinski definition) is 2. The van der Waals surface area contributed by atoms with Crippen molar-refractivity contribution in [2.24, 2.45) is 5.92 Å². The number of benzene rings is 3. The predicted octanol–water partition coefficient (Wildman–Crippen LogP) is 6.16. The number of amides is 1. The summed E-state index contributed by atoms with van der Waals surface area (Å²) in [5.74, 6) is 0.308. The van der Waals surface area contributed by atoms with Gasteiger partial charge in [-0.3, -0.25) is 14.5 Å². The number of aromatic nitrogens is 1. The third kappa shape index (κ3) is 7.75. The number of ether oxygens (including phenoxy) is 2. The Morgan fingerprint density at radius 3 is 2.58 bits per heavy atom. The van der Waals surface area contributed by atoms with E-state index in [4.69, 9.17) is 9.47 Å². The Bertz CT molecular complexity index is 1770. The molecule has 0 bridgehead atoms. The molecule has 9 nitrogen and oxygen atoms in total. The number of para-hydroxylation sites is 1. The molecule has 2 aliphatic heterocycles. The molecular weight excluding hydrogens is 628 g/mol. The number of carboxylic acids is 1. The SMILES string of the molecule is COCCCn1cc(CN(C(=O)[C@H]2CNCC[C@@H]2c2cccc(-c3ccc(OCCN4CCCC4C(=O)O)cc3)c2)C2CC2)c2ccccc21. The van der Waals surface area contributed by atoms with Crippen LogP contribution in [0.3, 0.4) is 0 Å². The number of aryl methyl sites for hydroxylation is 1. The standard InChI is InChI=1S/C41H50N4O5/c1-49-23-6-21-44-27-32(36-9-2-3-10-38(36)44)28-45(33-14-15-33)40(46)37-26-42-19-18-35(37)31-8-4-7-30(25-31)29-12-16-34(17-13-29)50-24-22-43-20-5-11-39(43)41(47)48/h2-4,7-10,12-13,16-17,25,27,33,35,37,39,42H,5-6,11,14-15,18-24,26,28H2,1H3,(H,47,48)/t35-,37+,39?/m1/s1. The second-order valence-corrected chi connectivity index (χ2v) is 14.1. The molecular formula is C41H50N4O5. The first-order valence-corrected chi connectivity index (χ1v) is 18.4. The summed E-state index contributed by atoms with van der Waals surface area (Å²) in [7, 11) is 1.74. The smallest absolute Gasteiger partial charge is 0.320 e. The molecule has 1 amide bonds. The molecule has 3 atom stereocenters. The van der Waals surface area contributed by atoms with Crippen LogP contribution in [-0.2, 0) is 27.4 Å². The lowest BCUT2D eigenvalue weighted by atomic mass is 9.79. The number of methoxy groups -OCH3 is 1. The molecule has 3 aliphatic rings. The topological polar surface area (TPSA) is 96.3 Å². The molecule has 0 spiro atoms. The quantitative estimate of drug-likeness (QED) is 0.146. The number of piperidine rings is 1. The van der Waals surface area contributed by atoms with Crippen LogP contribution in [-0.4, -0.2) is 89.9 Å². The van der Waals surface area contributed by atoms with E-state index >= 15 is 0 Å². The summed E-state index contributed by atoms with van der Waals surface area (Å²) in [6.07, 6.45) is 7.88. The highest BCUT2D eigenvalue weighted by atomic mass is 16.5. The Kier molecular flexibility index (Phi) is 10.8. The average molecular weight is 679 g/mol. The van der Waals surface area contributed by atoms with Crippen molar-refractivity contribution in [2.75, 3.05) is 46.5 Å². The third-order valence-corrected chi connectivity index (χ3v) is 10.8. The maximum absolute atomic E-state index is 14.6. The van der Waals surface area contributed by atoms with E-state index in [1.807, 2.05) is 17.0 Å². The molecule has 1 aliphatic carbocycles. The summed E-state index contributed by atoms with van der Waals surface area (Å²) >= 11 is 0. The number of carbonyl (C=O) groups is 2. The Hall–Kier alpha value is -4.18. The van der Waals surface area contributed by atoms with Gasteiger partial charge in [-0.05, 0) is 98.0 Å². The number of aliphatic carboxylic acids is 1. The summed E-state index contributed by atoms with van der Waals surface area (Å²) in [5.41, 5.74) is 5.87. The number of carbonyl (C=O) groups excluding carboxylic acids is 1. The van der Waals surface area contributed by atoms with Gasteiger partial charge in [0.25, 0.3) is 0 Å². The monoisotopic (exact) mass is 678 g/mol. The highest BCUT2D eigenvalue weighted by Gasteiger charge is 2.40. The molecule has 1 unspecified atom stereocenters. The first-order valence-electron chi connectivity index (χ1n) is 18.4. The Labute approximate surface area is 295 Å². The van der Waals surface area contributed by atoms with E-state index < -0.39 is 12.0 Å². The van der Waals surface area contributed by atoms with E-state index in [2.05, 4.69) is 81.6 Å². The normalized spacial score (nSPS) is 21.0. The number of rotatable bonds is 15. The zero-order chi connectivity index (χ0) is 34.5. The second kappa shape index (κ2) is 15.8. The van der Waals surface area contributed by atoms with Crippen LogP contribution in [0.15, 0.2) is 79.0 Å². The van der Waals surface area contributed by atoms with E-state index in [0.717, 1.165) is 75.2 Å². The van der Waals surface area contributed by atoms with E-state index in [9.17, 15) is 14.7 Å². The maximum atomic E-state index is 14.6. The molecule has 9 heteroatoms. The van der Waals surface area contributed by atoms with Crippen LogP contribution >= 0.6 is 0 Å². The van der Waals surface area contributed by atoms with E-state index in [1.54, 1.807) is 7.11 Å². The fraction of sp³-hybridized carbons (Fsp3) is 0.463. The molecule has 2 N–H and O–H groups in total. The van der Waals surface area contributed by atoms with Crippen LogP contribution in [0.4, 0.5) is 0 Å². The molecule has 3 fully saturated rings. The molecule has 7 rings (SSSR count). The number of hydrogen-bond acceptors (Lipinski definition) is 6. The highest BCUT2D eigenvalue weighted by Crippen LogP contribution is 2.38. The first-order chi connectivity index (χ1) is 24.5. The lowest BCUT2D eigenvalue weighted by Gasteiger charge is -2.36. The zero-order valence-corrected chi connectivity index (χ0v) is 29.1. The molecule has 50 heavy (non-hydrogen) atoms. The van der Waals surface area contributed by atoms with Crippen molar-refractivity contribution in [1.29, 1.82) is 0 Å². The third-order valence-electron chi connectivity index (χ3n) is 10.8. The van der Waals surface area contributed by atoms with Gasteiger partial charge in [0.1, 0.15) is 18.4 Å². The van der Waals surface area contributed by atoms with Crippen LogP contribution in [0, 0.1) is 5.92 Å². The fourth-order valence-corrected chi connectivity index (χ4v) is 8.05. The summed E-state index contributed by atoms with van der Waals surface area (Å²) in [6.45, 7) is 5.70. The number of nitrogens with one attached hydrogen (secondary N) is 1. The number of nitrogens with zero attached hydrogens (tertiary/aromatic N) is 3. The van der Waals surface area contributed by atoms with Gasteiger partial charge < -0.3 is 29.4 Å². The Morgan fingerprint density at radius 2 is 1.78 bits per heavy atom. The van der Waals surface area contributed by atoms with Crippen molar-refractivity contribution < 1.29 is 24.2 Å². The van der Waals surface area contributed by atoms with E-state index in [0.29, 0.717) is 38.7 Å². The largest absolute Gasteiger partial charge is 0.492 e. The maximum Gasteiger partial charge on any atom is 0.320 e. The minimum atomic E-state index is -0.747. The molecule has 4 aromatic rings. The summed E-state index contributed by atoms with van der Waals surface area (Å²) in [6, 6.07) is 25.3. The number of fused-ring (bicyclic) bond motifs is 1. The average Bonchev–Trinajstić information content (AvgIpc) is 3.78. The van der Waals surface area contributed by atoms with Crippen LogP contribution in [0.1, 0.15) is 55.6 Å². The molecule has 264 valence electrons. The minimum Gasteiger partial charge on any atom is -0.492 e.